The molecule has 0 fully saturated rings. The van der Waals surface area contributed by atoms with Gasteiger partial charge in [0.05, 0.1) is 0 Å². The summed E-state index contributed by atoms with van der Waals surface area (Å²) in [6.45, 7) is 8.36. The van der Waals surface area contributed by atoms with Gasteiger partial charge in [0.2, 0.25) is 0 Å². The Labute approximate surface area is 94.5 Å². The van der Waals surface area contributed by atoms with Crippen LogP contribution in [0.3, 0.4) is 0 Å². The first-order valence-electron chi connectivity index (χ1n) is 4.20. The normalized spacial score (nSPS) is 10.7. The van der Waals surface area contributed by atoms with Gasteiger partial charge in [0, 0.05) is 3.20 Å². The lowest BCUT2D eigenvalue weighted by Crippen LogP contribution is -2.41. The molecule has 0 radical (unpaired) electrons. The van der Waals surface area contributed by atoms with E-state index in [0.717, 1.165) is 0 Å². The number of hydrogen-bond acceptors (Lipinski definition) is 0. The lowest BCUT2D eigenvalue weighted by Gasteiger charge is -2.20. The van der Waals surface area contributed by atoms with E-state index < -0.39 is 8.07 Å². The number of hydrogen-bond donors (Lipinski definition) is 0. The first kappa shape index (κ1) is 10.8. The molecule has 0 atom stereocenters. The minimum Gasteiger partial charge on any atom is -0.123 e. The highest BCUT2D eigenvalue weighted by atomic mass is 127. The lowest BCUT2D eigenvalue weighted by molar-refractivity contribution is 1.71. The van der Waals surface area contributed by atoms with Crippen LogP contribution in [-0.4, -0.2) is 8.07 Å². The molecular weight excluding hydrogens is 287 g/mol. The van der Waals surface area contributed by atoms with Crippen molar-refractivity contribution in [2.24, 2.45) is 0 Å². The summed E-state index contributed by atoms with van der Waals surface area (Å²) in [6.07, 6.45) is 0. The van der Waals surface area contributed by atoms with E-state index in [0.29, 0.717) is 0 Å². The van der Waals surface area contributed by atoms with Crippen molar-refractivity contribution in [3.8, 4) is 0 Å². The van der Waals surface area contributed by atoms with E-state index in [2.05, 4.69) is 78.3 Å². The summed E-state index contributed by atoms with van der Waals surface area (Å²) in [7, 11) is -1.45. The van der Waals surface area contributed by atoms with Gasteiger partial charge in [0.25, 0.3) is 0 Å². The van der Waals surface area contributed by atoms with Crippen LogP contribution < -0.4 is 5.19 Å². The first-order valence-corrected chi connectivity index (χ1v) is 8.28. The third kappa shape index (κ3) is 2.33. The van der Waals surface area contributed by atoms with Crippen LogP contribution in [0.25, 0.3) is 0 Å². The van der Waals surface area contributed by atoms with E-state index in [-0.39, 0.29) is 0 Å². The minimum atomic E-state index is -1.45. The van der Waals surface area contributed by atoms with Crippen LogP contribution in [0.4, 0.5) is 0 Å². The lowest BCUT2D eigenvalue weighted by atomic mass is 10.4. The predicted octanol–water partition coefficient (Wildman–Crippen LogP) is 3.25. The van der Waals surface area contributed by atoms with Crippen molar-refractivity contribution < 1.29 is 0 Å². The molecular formula is C11H13ISi. The first-order chi connectivity index (χ1) is 6.09. The molecule has 0 saturated carbocycles. The van der Waals surface area contributed by atoms with Crippen LogP contribution in [0.2, 0.25) is 13.1 Å². The van der Waals surface area contributed by atoms with E-state index in [1.54, 1.807) is 0 Å². The number of halogens is 1. The average molecular weight is 300 g/mol. The SMILES string of the molecule is C=C=C(I)[Si](C)(C)c1ccccc1. The predicted molar refractivity (Wildman–Crippen MR) is 70.2 cm³/mol. The molecule has 0 aliphatic heterocycles. The molecule has 0 aliphatic carbocycles. The molecule has 0 bridgehead atoms. The second-order valence-corrected chi connectivity index (χ2v) is 9.91. The van der Waals surface area contributed by atoms with Crippen molar-refractivity contribution in [3.63, 3.8) is 0 Å². The molecule has 0 heterocycles. The third-order valence-corrected chi connectivity index (χ3v) is 9.68. The number of benzene rings is 1. The summed E-state index contributed by atoms with van der Waals surface area (Å²) in [4.78, 5) is 0. The fraction of sp³-hybridized carbons (Fsp3) is 0.182. The van der Waals surface area contributed by atoms with E-state index in [4.69, 9.17) is 0 Å². The minimum absolute atomic E-state index is 1.29. The fourth-order valence-corrected chi connectivity index (χ4v) is 3.86. The summed E-state index contributed by atoms with van der Waals surface area (Å²) in [5, 5.41) is 1.44. The summed E-state index contributed by atoms with van der Waals surface area (Å²) >= 11 is 2.36. The molecule has 0 saturated heterocycles. The van der Waals surface area contributed by atoms with Crippen LogP contribution in [-0.2, 0) is 0 Å². The van der Waals surface area contributed by atoms with E-state index in [9.17, 15) is 0 Å². The van der Waals surface area contributed by atoms with Gasteiger partial charge in [-0.3, -0.25) is 0 Å². The highest BCUT2D eigenvalue weighted by Crippen LogP contribution is 2.19. The van der Waals surface area contributed by atoms with Crippen LogP contribution >= 0.6 is 22.6 Å². The van der Waals surface area contributed by atoms with E-state index in [1.807, 2.05) is 0 Å². The maximum atomic E-state index is 3.72. The Morgan fingerprint density at radius 2 is 1.85 bits per heavy atom. The Morgan fingerprint density at radius 3 is 2.31 bits per heavy atom. The number of rotatable bonds is 2. The highest BCUT2D eigenvalue weighted by Gasteiger charge is 2.26. The van der Waals surface area contributed by atoms with Gasteiger partial charge in [-0.1, -0.05) is 55.2 Å². The Bertz CT molecular complexity index is 334. The molecule has 0 unspecified atom stereocenters. The second kappa shape index (κ2) is 4.27. The Kier molecular flexibility index (Phi) is 3.53. The van der Waals surface area contributed by atoms with Crippen molar-refractivity contribution in [2.45, 2.75) is 13.1 Å². The smallest absolute Gasteiger partial charge is 0.123 e. The van der Waals surface area contributed by atoms with Gasteiger partial charge in [0.1, 0.15) is 8.07 Å². The maximum Gasteiger partial charge on any atom is 0.129 e. The van der Waals surface area contributed by atoms with Gasteiger partial charge < -0.3 is 0 Å². The van der Waals surface area contributed by atoms with Crippen LogP contribution in [0.15, 0.2) is 45.8 Å². The molecule has 0 aliphatic rings. The van der Waals surface area contributed by atoms with Crippen molar-refractivity contribution >= 4 is 35.9 Å². The monoisotopic (exact) mass is 300 g/mol. The topological polar surface area (TPSA) is 0 Å². The van der Waals surface area contributed by atoms with Gasteiger partial charge in [-0.15, -0.1) is 5.73 Å². The average Bonchev–Trinajstić information content (AvgIpc) is 2.18. The fourth-order valence-electron chi connectivity index (χ4n) is 1.20. The van der Waals surface area contributed by atoms with Crippen molar-refractivity contribution in [1.29, 1.82) is 0 Å². The Balaban J connectivity index is 3.15. The van der Waals surface area contributed by atoms with Gasteiger partial charge in [-0.05, 0) is 22.6 Å². The molecule has 68 valence electrons. The molecule has 0 aromatic heterocycles. The van der Waals surface area contributed by atoms with Crippen molar-refractivity contribution in [3.05, 3.63) is 45.8 Å². The maximum absolute atomic E-state index is 3.72. The van der Waals surface area contributed by atoms with E-state index in [1.165, 1.54) is 8.39 Å². The zero-order valence-electron chi connectivity index (χ0n) is 7.97. The van der Waals surface area contributed by atoms with Crippen LogP contribution in [0.5, 0.6) is 0 Å². The quantitative estimate of drug-likeness (QED) is 0.447. The van der Waals surface area contributed by atoms with Crippen LogP contribution in [0.1, 0.15) is 0 Å². The van der Waals surface area contributed by atoms with Gasteiger partial charge >= 0.3 is 0 Å². The van der Waals surface area contributed by atoms with Crippen molar-refractivity contribution in [1.82, 2.24) is 0 Å². The zero-order valence-corrected chi connectivity index (χ0v) is 11.1. The zero-order chi connectivity index (χ0) is 9.90. The Morgan fingerprint density at radius 1 is 1.31 bits per heavy atom. The summed E-state index contributed by atoms with van der Waals surface area (Å²) in [5.41, 5.74) is 3.02. The molecule has 0 spiro atoms. The molecule has 1 aromatic rings. The highest BCUT2D eigenvalue weighted by molar-refractivity contribution is 14.1. The molecule has 0 N–H and O–H groups in total. The van der Waals surface area contributed by atoms with E-state index >= 15 is 0 Å². The molecule has 2 heteroatoms. The molecule has 0 amide bonds. The summed E-state index contributed by atoms with van der Waals surface area (Å²) in [5.74, 6) is 0. The Hall–Kier alpha value is -0.313. The van der Waals surface area contributed by atoms with Gasteiger partial charge in [-0.25, -0.2) is 0 Å². The molecule has 1 aromatic carbocycles. The van der Waals surface area contributed by atoms with Gasteiger partial charge in [-0.2, -0.15) is 0 Å². The third-order valence-electron chi connectivity index (χ3n) is 2.20. The summed E-state index contributed by atoms with van der Waals surface area (Å²) < 4.78 is 1.29. The largest absolute Gasteiger partial charge is 0.129 e. The molecule has 13 heavy (non-hydrogen) atoms. The van der Waals surface area contributed by atoms with Crippen LogP contribution in [0, 0.1) is 0 Å². The molecule has 0 nitrogen and oxygen atoms in total. The summed E-state index contributed by atoms with van der Waals surface area (Å²) in [6, 6.07) is 10.6. The van der Waals surface area contributed by atoms with Crippen molar-refractivity contribution in [2.75, 3.05) is 0 Å². The standard InChI is InChI=1S/C11H13ISi/c1-4-11(12)13(2,3)10-8-6-5-7-9-10/h5-9H,1H2,2-3H3. The van der Waals surface area contributed by atoms with Gasteiger partial charge in [0.15, 0.2) is 0 Å². The molecule has 1 rings (SSSR count). The second-order valence-electron chi connectivity index (χ2n) is 3.48.